The second-order valence-corrected chi connectivity index (χ2v) is 7.76. The molecule has 0 amide bonds. The first-order chi connectivity index (χ1) is 11.5. The van der Waals surface area contributed by atoms with Gasteiger partial charge in [0.05, 0.1) is 11.7 Å². The lowest BCUT2D eigenvalue weighted by atomic mass is 9.54. The van der Waals surface area contributed by atoms with Gasteiger partial charge in [-0.1, -0.05) is 12.1 Å². The van der Waals surface area contributed by atoms with E-state index in [2.05, 4.69) is 10.7 Å². The van der Waals surface area contributed by atoms with E-state index in [1.165, 1.54) is 6.07 Å². The van der Waals surface area contributed by atoms with Gasteiger partial charge in [-0.3, -0.25) is 15.5 Å². The lowest BCUT2D eigenvalue weighted by molar-refractivity contribution is -0.129. The Hall–Kier alpha value is -1.95. The Kier molecular flexibility index (Phi) is 3.42. The molecular weight excluding hydrogens is 308 g/mol. The van der Waals surface area contributed by atoms with Crippen molar-refractivity contribution >= 4 is 11.5 Å². The summed E-state index contributed by atoms with van der Waals surface area (Å²) in [5, 5.41) is 22.8. The van der Waals surface area contributed by atoms with Gasteiger partial charge in [0.1, 0.15) is 11.5 Å². The van der Waals surface area contributed by atoms with Crippen molar-refractivity contribution < 1.29 is 15.1 Å². The molecule has 6 heteroatoms. The van der Waals surface area contributed by atoms with Crippen LogP contribution < -0.4 is 5.48 Å². The van der Waals surface area contributed by atoms with Gasteiger partial charge in [0, 0.05) is 17.9 Å². The maximum atomic E-state index is 12.4. The minimum absolute atomic E-state index is 0.0249. The third-order valence-corrected chi connectivity index (χ3v) is 6.79. The fraction of sp³-hybridized carbons (Fsp3) is 0.611. The van der Waals surface area contributed by atoms with Gasteiger partial charge in [-0.2, -0.15) is 4.91 Å². The van der Waals surface area contributed by atoms with Crippen molar-refractivity contribution in [1.29, 1.82) is 0 Å². The standard InChI is InChI=1S/C18H22N2O4/c1-18-5-4-11-16-9(6-10(21)8-14(16)20-24)7-13(19-23)17(11)12(18)2-3-15(18)22/h6,8,11-13,17,20-21,24H,2-5,7H2,1H3/t11-,12+,13?,17-,18+/m1/s1. The predicted molar refractivity (Wildman–Crippen MR) is 88.1 cm³/mol. The maximum absolute atomic E-state index is 12.4. The second-order valence-electron chi connectivity index (χ2n) is 7.76. The molecule has 3 aliphatic carbocycles. The highest BCUT2D eigenvalue weighted by atomic mass is 16.5. The monoisotopic (exact) mass is 330 g/mol. The van der Waals surface area contributed by atoms with Crippen LogP contribution in [0.15, 0.2) is 17.3 Å². The molecule has 24 heavy (non-hydrogen) atoms. The number of aromatic hydroxyl groups is 1. The number of ketones is 1. The Balaban J connectivity index is 1.85. The summed E-state index contributed by atoms with van der Waals surface area (Å²) in [6, 6.07) is 2.79. The molecule has 4 rings (SSSR count). The summed E-state index contributed by atoms with van der Waals surface area (Å²) in [6.45, 7) is 2.04. The van der Waals surface area contributed by atoms with Crippen LogP contribution in [0.5, 0.6) is 5.75 Å². The zero-order chi connectivity index (χ0) is 17.1. The number of carbonyl (C=O) groups is 1. The summed E-state index contributed by atoms with van der Waals surface area (Å²) in [5.74, 6) is 0.644. The summed E-state index contributed by atoms with van der Waals surface area (Å²) in [5.41, 5.74) is 4.20. The van der Waals surface area contributed by atoms with Crippen LogP contribution in [0.2, 0.25) is 0 Å². The normalized spacial score (nSPS) is 37.3. The van der Waals surface area contributed by atoms with E-state index in [0.29, 0.717) is 24.3 Å². The highest BCUT2D eigenvalue weighted by Gasteiger charge is 2.57. The predicted octanol–water partition coefficient (Wildman–Crippen LogP) is 3.36. The average molecular weight is 330 g/mol. The van der Waals surface area contributed by atoms with Gasteiger partial charge in [0.25, 0.3) is 0 Å². The fourth-order valence-electron chi connectivity index (χ4n) is 5.71. The quantitative estimate of drug-likeness (QED) is 0.570. The van der Waals surface area contributed by atoms with Crippen LogP contribution in [-0.4, -0.2) is 22.1 Å². The number of rotatable bonds is 2. The lowest BCUT2D eigenvalue weighted by Gasteiger charge is -2.50. The molecule has 6 nitrogen and oxygen atoms in total. The molecule has 128 valence electrons. The summed E-state index contributed by atoms with van der Waals surface area (Å²) >= 11 is 0. The van der Waals surface area contributed by atoms with E-state index in [1.54, 1.807) is 6.07 Å². The Morgan fingerprint density at radius 3 is 2.83 bits per heavy atom. The van der Waals surface area contributed by atoms with E-state index < -0.39 is 0 Å². The largest absolute Gasteiger partial charge is 0.508 e. The van der Waals surface area contributed by atoms with Crippen molar-refractivity contribution in [3.8, 4) is 5.75 Å². The minimum Gasteiger partial charge on any atom is -0.508 e. The molecule has 0 aliphatic heterocycles. The van der Waals surface area contributed by atoms with Gasteiger partial charge in [-0.15, -0.1) is 0 Å². The number of Topliss-reactive ketones (excluding diaryl/α,β-unsaturated/α-hetero) is 1. The third kappa shape index (κ3) is 1.95. The number of benzene rings is 1. The van der Waals surface area contributed by atoms with Crippen molar-refractivity contribution in [3.05, 3.63) is 28.2 Å². The Morgan fingerprint density at radius 2 is 2.12 bits per heavy atom. The number of anilines is 1. The van der Waals surface area contributed by atoms with Crippen molar-refractivity contribution in [2.45, 2.75) is 51.0 Å². The summed E-state index contributed by atoms with van der Waals surface area (Å²) in [6.07, 6.45) is 3.45. The molecule has 0 radical (unpaired) electrons. The summed E-state index contributed by atoms with van der Waals surface area (Å²) in [7, 11) is 0. The molecule has 3 aliphatic rings. The zero-order valence-corrected chi connectivity index (χ0v) is 13.7. The number of phenols is 1. The molecule has 2 saturated carbocycles. The molecule has 1 unspecified atom stereocenters. The highest BCUT2D eigenvalue weighted by molar-refractivity contribution is 5.87. The average Bonchev–Trinajstić information content (AvgIpc) is 2.88. The number of nitroso groups, excluding NO2 is 1. The molecule has 0 bridgehead atoms. The first-order valence-corrected chi connectivity index (χ1v) is 8.61. The van der Waals surface area contributed by atoms with Gasteiger partial charge in [0.2, 0.25) is 0 Å². The molecule has 1 aromatic rings. The molecule has 3 N–H and O–H groups in total. The molecule has 0 saturated heterocycles. The Labute approximate surface area is 140 Å². The van der Waals surface area contributed by atoms with Crippen LogP contribution in [-0.2, 0) is 11.2 Å². The van der Waals surface area contributed by atoms with Gasteiger partial charge >= 0.3 is 0 Å². The van der Waals surface area contributed by atoms with Crippen molar-refractivity contribution in [2.24, 2.45) is 22.4 Å². The third-order valence-electron chi connectivity index (χ3n) is 6.79. The van der Waals surface area contributed by atoms with Crippen molar-refractivity contribution in [1.82, 2.24) is 0 Å². The highest BCUT2D eigenvalue weighted by Crippen LogP contribution is 2.61. The lowest BCUT2D eigenvalue weighted by Crippen LogP contribution is -2.47. The van der Waals surface area contributed by atoms with Crippen LogP contribution >= 0.6 is 0 Å². The van der Waals surface area contributed by atoms with E-state index >= 15 is 0 Å². The molecule has 0 aromatic heterocycles. The van der Waals surface area contributed by atoms with Crippen LogP contribution in [0, 0.1) is 22.2 Å². The number of hydrogen-bond donors (Lipinski definition) is 3. The number of nitrogens with zero attached hydrogens (tertiary/aromatic N) is 1. The SMILES string of the molecule is C[C@]12CC[C@@H]3c4c(cc(O)cc4NO)CC(N=O)[C@H]3[C@@H]1CCC2=O. The van der Waals surface area contributed by atoms with Crippen LogP contribution in [0.4, 0.5) is 5.69 Å². The number of nitrogens with one attached hydrogen (secondary N) is 1. The summed E-state index contributed by atoms with van der Waals surface area (Å²) < 4.78 is 0. The van der Waals surface area contributed by atoms with Gasteiger partial charge in [-0.05, 0) is 60.6 Å². The minimum atomic E-state index is -0.383. The van der Waals surface area contributed by atoms with E-state index in [-0.39, 0.29) is 35.0 Å². The number of fused-ring (bicyclic) bond motifs is 5. The zero-order valence-electron chi connectivity index (χ0n) is 13.7. The van der Waals surface area contributed by atoms with Crippen molar-refractivity contribution in [2.75, 3.05) is 5.48 Å². The molecular formula is C18H22N2O4. The first-order valence-electron chi connectivity index (χ1n) is 8.61. The Bertz CT molecular complexity index is 719. The second kappa shape index (κ2) is 5.28. The summed E-state index contributed by atoms with van der Waals surface area (Å²) in [4.78, 5) is 24.0. The van der Waals surface area contributed by atoms with Crippen LogP contribution in [0.3, 0.4) is 0 Å². The van der Waals surface area contributed by atoms with Gasteiger partial charge < -0.3 is 5.11 Å². The molecule has 0 spiro atoms. The first kappa shape index (κ1) is 15.6. The van der Waals surface area contributed by atoms with Gasteiger partial charge in [0.15, 0.2) is 0 Å². The topological polar surface area (TPSA) is 99.0 Å². The van der Waals surface area contributed by atoms with Crippen molar-refractivity contribution in [3.63, 3.8) is 0 Å². The van der Waals surface area contributed by atoms with E-state index in [0.717, 1.165) is 30.4 Å². The maximum Gasteiger partial charge on any atom is 0.139 e. The number of hydrogen-bond acceptors (Lipinski definition) is 6. The molecule has 0 heterocycles. The Morgan fingerprint density at radius 1 is 1.33 bits per heavy atom. The number of phenolic OH excluding ortho intramolecular Hbond substituents is 1. The van der Waals surface area contributed by atoms with Gasteiger partial charge in [-0.25, -0.2) is 0 Å². The fourth-order valence-corrected chi connectivity index (χ4v) is 5.71. The van der Waals surface area contributed by atoms with Crippen LogP contribution in [0.1, 0.15) is 49.7 Å². The number of carbonyl (C=O) groups excluding carboxylic acids is 1. The molecule has 2 fully saturated rings. The van der Waals surface area contributed by atoms with E-state index in [4.69, 9.17) is 0 Å². The molecule has 1 aromatic carbocycles. The smallest absolute Gasteiger partial charge is 0.139 e. The van der Waals surface area contributed by atoms with E-state index in [9.17, 15) is 20.0 Å². The van der Waals surface area contributed by atoms with E-state index in [1.807, 2.05) is 6.92 Å². The molecule has 5 atom stereocenters. The van der Waals surface area contributed by atoms with Crippen LogP contribution in [0.25, 0.3) is 0 Å².